The van der Waals surface area contributed by atoms with Crippen LogP contribution >= 0.6 is 0 Å². The topological polar surface area (TPSA) is 86.5 Å². The fraction of sp³-hybridized carbons (Fsp3) is 0.786. The van der Waals surface area contributed by atoms with Crippen molar-refractivity contribution in [1.82, 2.24) is 15.5 Å². The zero-order valence-electron chi connectivity index (χ0n) is 13.8. The van der Waals surface area contributed by atoms with Crippen molar-refractivity contribution in [3.05, 3.63) is 12.2 Å². The van der Waals surface area contributed by atoms with E-state index in [1.807, 2.05) is 27.7 Å². The van der Waals surface area contributed by atoms with Crippen molar-refractivity contribution in [2.75, 3.05) is 0 Å². The Kier molecular flexibility index (Phi) is 5.33. The molecule has 120 valence electrons. The van der Waals surface area contributed by atoms with Gasteiger partial charge in [-0.3, -0.25) is 0 Å². The summed E-state index contributed by atoms with van der Waals surface area (Å²) in [7, 11) is 0. The monoisotopic (exact) mass is 299 g/mol. The normalized spacial score (nSPS) is 15.4. The molecule has 7 heteroatoms. The van der Waals surface area contributed by atoms with E-state index in [4.69, 9.17) is 14.0 Å². The summed E-state index contributed by atoms with van der Waals surface area (Å²) in [6.45, 7) is 13.0. The molecule has 0 saturated heterocycles. The molecule has 0 aliphatic rings. The first-order valence-electron chi connectivity index (χ1n) is 6.92. The van der Waals surface area contributed by atoms with Crippen LogP contribution < -0.4 is 5.32 Å². The molecule has 7 nitrogen and oxygen atoms in total. The molecular weight excluding hydrogens is 274 g/mol. The maximum Gasteiger partial charge on any atom is 0.408 e. The van der Waals surface area contributed by atoms with Crippen LogP contribution in [-0.4, -0.2) is 33.5 Å². The SMILES string of the molecule is C[C@@H](OC(C)(C)C)[C@H](NC(=O)OC(C)(C)C)c1ncno1. The minimum Gasteiger partial charge on any atom is -0.444 e. The van der Waals surface area contributed by atoms with Gasteiger partial charge in [-0.2, -0.15) is 4.98 Å². The van der Waals surface area contributed by atoms with Gasteiger partial charge in [0.1, 0.15) is 11.6 Å². The predicted octanol–water partition coefficient (Wildman–Crippen LogP) is 2.84. The molecule has 21 heavy (non-hydrogen) atoms. The molecule has 0 fully saturated rings. The van der Waals surface area contributed by atoms with E-state index in [0.717, 1.165) is 0 Å². The van der Waals surface area contributed by atoms with E-state index in [0.29, 0.717) is 0 Å². The number of ether oxygens (including phenoxy) is 2. The number of hydrogen-bond acceptors (Lipinski definition) is 6. The number of rotatable bonds is 4. The largest absolute Gasteiger partial charge is 0.444 e. The van der Waals surface area contributed by atoms with Crippen LogP contribution in [0.4, 0.5) is 4.79 Å². The first-order chi connectivity index (χ1) is 9.48. The van der Waals surface area contributed by atoms with Crippen LogP contribution in [0.25, 0.3) is 0 Å². The summed E-state index contributed by atoms with van der Waals surface area (Å²) in [5, 5.41) is 6.29. The quantitative estimate of drug-likeness (QED) is 0.920. The van der Waals surface area contributed by atoms with E-state index >= 15 is 0 Å². The van der Waals surface area contributed by atoms with Crippen LogP contribution in [0.2, 0.25) is 0 Å². The highest BCUT2D eigenvalue weighted by Gasteiger charge is 2.31. The zero-order valence-corrected chi connectivity index (χ0v) is 13.8. The third-order valence-electron chi connectivity index (χ3n) is 2.33. The molecule has 1 aromatic heterocycles. The number of nitrogens with one attached hydrogen (secondary N) is 1. The van der Waals surface area contributed by atoms with Gasteiger partial charge < -0.3 is 19.3 Å². The lowest BCUT2D eigenvalue weighted by atomic mass is 10.1. The molecule has 1 heterocycles. The van der Waals surface area contributed by atoms with Gasteiger partial charge in [-0.05, 0) is 48.5 Å². The molecule has 0 radical (unpaired) electrons. The number of carbonyl (C=O) groups is 1. The third-order valence-corrected chi connectivity index (χ3v) is 2.33. The van der Waals surface area contributed by atoms with Crippen LogP contribution in [-0.2, 0) is 9.47 Å². The number of nitrogens with zero attached hydrogens (tertiary/aromatic N) is 2. The van der Waals surface area contributed by atoms with Gasteiger partial charge in [0.05, 0.1) is 11.7 Å². The number of hydrogen-bond donors (Lipinski definition) is 1. The number of alkyl carbamates (subject to hydrolysis) is 1. The van der Waals surface area contributed by atoms with E-state index in [1.165, 1.54) is 6.33 Å². The highest BCUT2D eigenvalue weighted by Crippen LogP contribution is 2.22. The molecule has 1 N–H and O–H groups in total. The van der Waals surface area contributed by atoms with E-state index in [1.54, 1.807) is 20.8 Å². The molecule has 0 aliphatic carbocycles. The van der Waals surface area contributed by atoms with Crippen LogP contribution in [0.5, 0.6) is 0 Å². The molecule has 0 spiro atoms. The maximum atomic E-state index is 12.0. The number of amides is 1. The third kappa shape index (κ3) is 6.57. The first-order valence-corrected chi connectivity index (χ1v) is 6.92. The summed E-state index contributed by atoms with van der Waals surface area (Å²) in [5.74, 6) is 0.276. The van der Waals surface area contributed by atoms with Gasteiger partial charge in [0.2, 0.25) is 0 Å². The molecule has 1 amide bonds. The van der Waals surface area contributed by atoms with Gasteiger partial charge in [-0.1, -0.05) is 5.16 Å². The maximum absolute atomic E-state index is 12.0. The zero-order chi connectivity index (χ0) is 16.3. The highest BCUT2D eigenvalue weighted by molar-refractivity contribution is 5.68. The molecule has 0 aromatic carbocycles. The average molecular weight is 299 g/mol. The molecule has 1 aromatic rings. The van der Waals surface area contributed by atoms with Gasteiger partial charge in [-0.15, -0.1) is 0 Å². The Bertz CT molecular complexity index is 446. The molecular formula is C14H25N3O4. The Labute approximate surface area is 125 Å². The van der Waals surface area contributed by atoms with Crippen molar-refractivity contribution in [1.29, 1.82) is 0 Å². The molecule has 2 atom stereocenters. The van der Waals surface area contributed by atoms with E-state index in [9.17, 15) is 4.79 Å². The van der Waals surface area contributed by atoms with Gasteiger partial charge >= 0.3 is 6.09 Å². The molecule has 0 unspecified atom stereocenters. The lowest BCUT2D eigenvalue weighted by Gasteiger charge is -2.30. The minimum absolute atomic E-state index is 0.276. The van der Waals surface area contributed by atoms with Gasteiger partial charge in [-0.25, -0.2) is 4.79 Å². The second-order valence-corrected chi connectivity index (χ2v) is 6.84. The lowest BCUT2D eigenvalue weighted by Crippen LogP contribution is -2.42. The van der Waals surface area contributed by atoms with Crippen LogP contribution in [0, 0.1) is 0 Å². The minimum atomic E-state index is -0.586. The highest BCUT2D eigenvalue weighted by atomic mass is 16.6. The van der Waals surface area contributed by atoms with Gasteiger partial charge in [0.15, 0.2) is 6.33 Å². The lowest BCUT2D eigenvalue weighted by molar-refractivity contribution is -0.0716. The molecule has 0 bridgehead atoms. The Morgan fingerprint density at radius 2 is 1.86 bits per heavy atom. The van der Waals surface area contributed by atoms with E-state index < -0.39 is 17.7 Å². The van der Waals surface area contributed by atoms with Crippen molar-refractivity contribution < 1.29 is 18.8 Å². The van der Waals surface area contributed by atoms with E-state index in [2.05, 4.69) is 15.5 Å². The Morgan fingerprint density at radius 3 is 2.29 bits per heavy atom. The first kappa shape index (κ1) is 17.4. The smallest absolute Gasteiger partial charge is 0.408 e. The summed E-state index contributed by atoms with van der Waals surface area (Å²) in [6.07, 6.45) is 0.358. The van der Waals surface area contributed by atoms with Crippen molar-refractivity contribution in [3.63, 3.8) is 0 Å². The second-order valence-electron chi connectivity index (χ2n) is 6.84. The van der Waals surface area contributed by atoms with Crippen LogP contribution in [0.15, 0.2) is 10.9 Å². The van der Waals surface area contributed by atoms with Crippen LogP contribution in [0.3, 0.4) is 0 Å². The summed E-state index contributed by atoms with van der Waals surface area (Å²) in [6, 6.07) is -0.582. The Balaban J connectivity index is 2.82. The average Bonchev–Trinajstić information content (AvgIpc) is 2.73. The van der Waals surface area contributed by atoms with Crippen molar-refractivity contribution >= 4 is 6.09 Å². The summed E-state index contributed by atoms with van der Waals surface area (Å²) in [4.78, 5) is 15.9. The fourth-order valence-electron chi connectivity index (χ4n) is 1.76. The second kappa shape index (κ2) is 6.43. The van der Waals surface area contributed by atoms with Crippen molar-refractivity contribution in [2.24, 2.45) is 0 Å². The standard InChI is InChI=1S/C14H25N3O4/c1-9(19-13(2,3)4)10(11-15-8-16-21-11)17-12(18)20-14(5,6)7/h8-10H,1-7H3,(H,17,18)/t9-,10+/m1/s1. The number of carbonyl (C=O) groups excluding carboxylic acids is 1. The fourth-order valence-corrected chi connectivity index (χ4v) is 1.76. The summed E-state index contributed by atoms with van der Waals surface area (Å²) in [5.41, 5.74) is -0.953. The molecule has 1 rings (SSSR count). The molecule has 0 saturated carbocycles. The number of aromatic nitrogens is 2. The molecule has 0 aliphatic heterocycles. The Morgan fingerprint density at radius 1 is 1.24 bits per heavy atom. The predicted molar refractivity (Wildman–Crippen MR) is 76.7 cm³/mol. The van der Waals surface area contributed by atoms with Crippen molar-refractivity contribution in [2.45, 2.75) is 71.8 Å². The van der Waals surface area contributed by atoms with Gasteiger partial charge in [0.25, 0.3) is 5.89 Å². The van der Waals surface area contributed by atoms with Crippen LogP contribution in [0.1, 0.15) is 60.4 Å². The summed E-state index contributed by atoms with van der Waals surface area (Å²) >= 11 is 0. The van der Waals surface area contributed by atoms with E-state index in [-0.39, 0.29) is 17.6 Å². The van der Waals surface area contributed by atoms with Crippen molar-refractivity contribution in [3.8, 4) is 0 Å². The van der Waals surface area contributed by atoms with Gasteiger partial charge in [0, 0.05) is 0 Å². The summed E-state index contributed by atoms with van der Waals surface area (Å²) < 4.78 is 16.2. The Hall–Kier alpha value is -1.63.